The van der Waals surface area contributed by atoms with Gasteiger partial charge in [0.2, 0.25) is 0 Å². The molecule has 0 N–H and O–H groups in total. The molecule has 1 aromatic heterocycles. The van der Waals surface area contributed by atoms with E-state index in [1.165, 1.54) is 71.9 Å². The molecule has 0 spiro atoms. The molecule has 0 amide bonds. The average Bonchev–Trinajstić information content (AvgIpc) is 3.52. The van der Waals surface area contributed by atoms with Crippen molar-refractivity contribution in [2.45, 2.75) is 0 Å². The average molecular weight is 703 g/mol. The van der Waals surface area contributed by atoms with E-state index in [0.717, 1.165) is 15.7 Å². The van der Waals surface area contributed by atoms with Crippen molar-refractivity contribution in [3.63, 3.8) is 0 Å². The summed E-state index contributed by atoms with van der Waals surface area (Å²) in [5.41, 5.74) is 15.5. The standard InChI is InChI=1S/C48H32BrN/c49-39-29-30-42-41(32-39)47-45(36-23-12-4-13-24-36)43(34-19-8-2-9-20-34)44(35-21-10-3-11-22-35)46(37-25-14-5-15-26-37)48(47)50(42)40-28-16-27-38(31-40)33-17-6-1-7-18-33/h1-32H. The smallest absolute Gasteiger partial charge is 0.0632 e. The van der Waals surface area contributed by atoms with Gasteiger partial charge in [-0.25, -0.2) is 0 Å². The lowest BCUT2D eigenvalue weighted by atomic mass is 9.80. The summed E-state index contributed by atoms with van der Waals surface area (Å²) in [5.74, 6) is 0. The summed E-state index contributed by atoms with van der Waals surface area (Å²) >= 11 is 3.88. The minimum absolute atomic E-state index is 1.05. The number of aromatic nitrogens is 1. The van der Waals surface area contributed by atoms with Crippen LogP contribution in [0.1, 0.15) is 0 Å². The number of hydrogen-bond acceptors (Lipinski definition) is 0. The summed E-state index contributed by atoms with van der Waals surface area (Å²) < 4.78 is 3.55. The summed E-state index contributed by atoms with van der Waals surface area (Å²) in [4.78, 5) is 0. The van der Waals surface area contributed by atoms with E-state index < -0.39 is 0 Å². The van der Waals surface area contributed by atoms with Crippen LogP contribution in [0.25, 0.3) is 83.1 Å². The Labute approximate surface area is 300 Å². The highest BCUT2D eigenvalue weighted by atomic mass is 79.9. The highest BCUT2D eigenvalue weighted by molar-refractivity contribution is 9.10. The van der Waals surface area contributed by atoms with E-state index in [4.69, 9.17) is 0 Å². The van der Waals surface area contributed by atoms with Crippen molar-refractivity contribution in [3.05, 3.63) is 199 Å². The third-order valence-electron chi connectivity index (χ3n) is 9.63. The largest absolute Gasteiger partial charge is 0.309 e. The molecule has 9 rings (SSSR count). The van der Waals surface area contributed by atoms with Gasteiger partial charge in [-0.3, -0.25) is 0 Å². The lowest BCUT2D eigenvalue weighted by molar-refractivity contribution is 1.18. The van der Waals surface area contributed by atoms with Crippen molar-refractivity contribution in [3.8, 4) is 61.3 Å². The van der Waals surface area contributed by atoms with Crippen LogP contribution in [0.5, 0.6) is 0 Å². The maximum absolute atomic E-state index is 3.88. The second kappa shape index (κ2) is 12.8. The molecule has 9 aromatic rings. The Morgan fingerprint density at radius 3 is 1.32 bits per heavy atom. The highest BCUT2D eigenvalue weighted by Gasteiger charge is 2.29. The van der Waals surface area contributed by atoms with E-state index in [2.05, 4.69) is 215 Å². The predicted molar refractivity (Wildman–Crippen MR) is 216 cm³/mol. The van der Waals surface area contributed by atoms with Crippen LogP contribution in [0.2, 0.25) is 0 Å². The predicted octanol–water partition coefficient (Wildman–Crippen LogP) is 13.9. The molecule has 236 valence electrons. The van der Waals surface area contributed by atoms with E-state index in [9.17, 15) is 0 Å². The van der Waals surface area contributed by atoms with Crippen molar-refractivity contribution >= 4 is 37.7 Å². The highest BCUT2D eigenvalue weighted by Crippen LogP contribution is 2.54. The van der Waals surface area contributed by atoms with Gasteiger partial charge in [0, 0.05) is 37.6 Å². The number of rotatable bonds is 6. The molecule has 8 aromatic carbocycles. The van der Waals surface area contributed by atoms with Crippen molar-refractivity contribution < 1.29 is 0 Å². The molecular formula is C48H32BrN. The van der Waals surface area contributed by atoms with Gasteiger partial charge in [-0.05, 0) is 69.3 Å². The second-order valence-corrected chi connectivity index (χ2v) is 13.5. The fourth-order valence-electron chi connectivity index (χ4n) is 7.54. The van der Waals surface area contributed by atoms with Gasteiger partial charge < -0.3 is 4.57 Å². The molecule has 1 heterocycles. The van der Waals surface area contributed by atoms with Gasteiger partial charge in [-0.2, -0.15) is 0 Å². The normalized spacial score (nSPS) is 11.3. The molecule has 0 atom stereocenters. The Morgan fingerprint density at radius 2 is 0.780 bits per heavy atom. The molecule has 0 fully saturated rings. The number of nitrogens with zero attached hydrogens (tertiary/aromatic N) is 1. The van der Waals surface area contributed by atoms with Gasteiger partial charge in [-0.1, -0.05) is 180 Å². The summed E-state index contributed by atoms with van der Waals surface area (Å²) in [5, 5.41) is 2.43. The van der Waals surface area contributed by atoms with Crippen molar-refractivity contribution in [2.24, 2.45) is 0 Å². The maximum Gasteiger partial charge on any atom is 0.0632 e. The Kier molecular flexibility index (Phi) is 7.72. The zero-order valence-corrected chi connectivity index (χ0v) is 28.9. The van der Waals surface area contributed by atoms with Crippen molar-refractivity contribution in [1.82, 2.24) is 4.57 Å². The van der Waals surface area contributed by atoms with E-state index in [0.29, 0.717) is 0 Å². The fourth-order valence-corrected chi connectivity index (χ4v) is 7.90. The van der Waals surface area contributed by atoms with Gasteiger partial charge in [0.25, 0.3) is 0 Å². The summed E-state index contributed by atoms with van der Waals surface area (Å²) in [6.07, 6.45) is 0. The number of hydrogen-bond donors (Lipinski definition) is 0. The summed E-state index contributed by atoms with van der Waals surface area (Å²) in [7, 11) is 0. The van der Waals surface area contributed by atoms with Crippen molar-refractivity contribution in [2.75, 3.05) is 0 Å². The third kappa shape index (κ3) is 5.17. The first-order valence-corrected chi connectivity index (χ1v) is 17.8. The first kappa shape index (κ1) is 30.1. The van der Waals surface area contributed by atoms with Crippen LogP contribution in [0.3, 0.4) is 0 Å². The van der Waals surface area contributed by atoms with E-state index in [-0.39, 0.29) is 0 Å². The van der Waals surface area contributed by atoms with E-state index >= 15 is 0 Å². The molecular weight excluding hydrogens is 670 g/mol. The minimum atomic E-state index is 1.05. The van der Waals surface area contributed by atoms with Crippen LogP contribution in [-0.2, 0) is 0 Å². The van der Waals surface area contributed by atoms with Crippen LogP contribution < -0.4 is 0 Å². The molecule has 0 aliphatic carbocycles. The Hall–Kier alpha value is -5.96. The summed E-state index contributed by atoms with van der Waals surface area (Å²) in [6.45, 7) is 0. The van der Waals surface area contributed by atoms with Gasteiger partial charge in [0.15, 0.2) is 0 Å². The Bertz CT molecular complexity index is 2610. The molecule has 0 radical (unpaired) electrons. The number of benzene rings is 8. The molecule has 1 nitrogen and oxygen atoms in total. The third-order valence-corrected chi connectivity index (χ3v) is 10.1. The first-order valence-electron chi connectivity index (χ1n) is 17.0. The van der Waals surface area contributed by atoms with Gasteiger partial charge in [0.1, 0.15) is 0 Å². The quantitative estimate of drug-likeness (QED) is 0.163. The topological polar surface area (TPSA) is 4.93 Å². The molecule has 50 heavy (non-hydrogen) atoms. The van der Waals surface area contributed by atoms with Gasteiger partial charge >= 0.3 is 0 Å². The molecule has 0 aliphatic rings. The van der Waals surface area contributed by atoms with Gasteiger partial charge in [-0.15, -0.1) is 0 Å². The fraction of sp³-hybridized carbons (Fsp3) is 0. The monoisotopic (exact) mass is 701 g/mol. The maximum atomic E-state index is 3.88. The zero-order chi connectivity index (χ0) is 33.4. The zero-order valence-electron chi connectivity index (χ0n) is 27.3. The summed E-state index contributed by atoms with van der Waals surface area (Å²) in [6, 6.07) is 70.1. The number of halogens is 1. The molecule has 0 saturated heterocycles. The second-order valence-electron chi connectivity index (χ2n) is 12.6. The lowest BCUT2D eigenvalue weighted by Gasteiger charge is -2.24. The molecule has 0 aliphatic heterocycles. The van der Waals surface area contributed by atoms with Crippen LogP contribution in [0.15, 0.2) is 199 Å². The van der Waals surface area contributed by atoms with Crippen LogP contribution in [0.4, 0.5) is 0 Å². The van der Waals surface area contributed by atoms with Crippen LogP contribution in [-0.4, -0.2) is 4.57 Å². The van der Waals surface area contributed by atoms with E-state index in [1.54, 1.807) is 0 Å². The van der Waals surface area contributed by atoms with E-state index in [1.807, 2.05) is 0 Å². The molecule has 0 unspecified atom stereocenters. The van der Waals surface area contributed by atoms with Crippen LogP contribution >= 0.6 is 15.9 Å². The minimum Gasteiger partial charge on any atom is -0.309 e. The van der Waals surface area contributed by atoms with Crippen molar-refractivity contribution in [1.29, 1.82) is 0 Å². The lowest BCUT2D eigenvalue weighted by Crippen LogP contribution is -2.01. The Balaban J connectivity index is 1.58. The molecule has 0 saturated carbocycles. The van der Waals surface area contributed by atoms with Crippen LogP contribution in [0, 0.1) is 0 Å². The van der Waals surface area contributed by atoms with Gasteiger partial charge in [0.05, 0.1) is 11.0 Å². The molecule has 2 heteroatoms. The first-order chi connectivity index (χ1) is 24.8. The number of fused-ring (bicyclic) bond motifs is 3. The SMILES string of the molecule is Brc1ccc2c(c1)c1c(-c3ccccc3)c(-c3ccccc3)c(-c3ccccc3)c(-c3ccccc3)c1n2-c1cccc(-c2ccccc2)c1. The Morgan fingerprint density at radius 1 is 0.340 bits per heavy atom. The molecule has 0 bridgehead atoms.